The van der Waals surface area contributed by atoms with Crippen LogP contribution in [0.1, 0.15) is 64.2 Å². The molecule has 15 heavy (non-hydrogen) atoms. The molecule has 0 atom stereocenters. The van der Waals surface area contributed by atoms with Crippen molar-refractivity contribution in [3.05, 3.63) is 0 Å². The van der Waals surface area contributed by atoms with Crippen molar-refractivity contribution >= 4 is 16.8 Å². The molecule has 0 aromatic rings. The van der Waals surface area contributed by atoms with E-state index >= 15 is 0 Å². The Labute approximate surface area is 97.6 Å². The van der Waals surface area contributed by atoms with Gasteiger partial charge in [0.15, 0.2) is 0 Å². The molecule has 2 aliphatic carbocycles. The highest BCUT2D eigenvalue weighted by atomic mass is 35.5. The molecule has 2 aliphatic rings. The molecule has 86 valence electrons. The van der Waals surface area contributed by atoms with Crippen molar-refractivity contribution in [1.29, 1.82) is 0 Å². The molecule has 0 bridgehead atoms. The van der Waals surface area contributed by atoms with Gasteiger partial charge in [-0.2, -0.15) is 0 Å². The quantitative estimate of drug-likeness (QED) is 0.645. The van der Waals surface area contributed by atoms with Crippen molar-refractivity contribution in [3.8, 4) is 0 Å². The summed E-state index contributed by atoms with van der Waals surface area (Å²) in [5.74, 6) is 0.586. The van der Waals surface area contributed by atoms with Crippen LogP contribution in [0, 0.1) is 11.3 Å². The van der Waals surface area contributed by atoms with Crippen molar-refractivity contribution in [3.63, 3.8) is 0 Å². The summed E-state index contributed by atoms with van der Waals surface area (Å²) in [6.07, 6.45) is 12.9. The van der Waals surface area contributed by atoms with Crippen LogP contribution in [0.5, 0.6) is 0 Å². The van der Waals surface area contributed by atoms with Gasteiger partial charge in [0, 0.05) is 6.42 Å². The van der Waals surface area contributed by atoms with Crippen LogP contribution in [-0.4, -0.2) is 5.24 Å². The third-order valence-corrected chi connectivity index (χ3v) is 4.68. The molecule has 1 spiro atoms. The van der Waals surface area contributed by atoms with E-state index < -0.39 is 0 Å². The molecule has 0 unspecified atom stereocenters. The summed E-state index contributed by atoms with van der Waals surface area (Å²) in [5, 5.41) is -0.139. The molecular formula is C13H21ClO. The third-order valence-electron chi connectivity index (χ3n) is 4.53. The number of carbonyl (C=O) groups excluding carboxylic acids is 1. The van der Waals surface area contributed by atoms with Crippen LogP contribution in [0.3, 0.4) is 0 Å². The molecule has 0 aromatic heterocycles. The zero-order valence-electron chi connectivity index (χ0n) is 9.43. The largest absolute Gasteiger partial charge is 0.281 e. The van der Waals surface area contributed by atoms with Gasteiger partial charge in [-0.15, -0.1) is 0 Å². The first-order valence-electron chi connectivity index (χ1n) is 6.39. The lowest BCUT2D eigenvalue weighted by molar-refractivity contribution is -0.113. The Hall–Kier alpha value is -0.0400. The maximum Gasteiger partial charge on any atom is 0.221 e. The lowest BCUT2D eigenvalue weighted by atomic mass is 9.63. The van der Waals surface area contributed by atoms with E-state index in [1.54, 1.807) is 0 Å². The maximum absolute atomic E-state index is 10.8. The van der Waals surface area contributed by atoms with E-state index in [9.17, 15) is 4.79 Å². The van der Waals surface area contributed by atoms with Gasteiger partial charge in [0.1, 0.15) is 0 Å². The lowest BCUT2D eigenvalue weighted by Gasteiger charge is -2.42. The Morgan fingerprint density at radius 3 is 2.20 bits per heavy atom. The molecular weight excluding hydrogens is 208 g/mol. The summed E-state index contributed by atoms with van der Waals surface area (Å²) in [7, 11) is 0. The zero-order chi connectivity index (χ0) is 10.7. The number of hydrogen-bond acceptors (Lipinski definition) is 1. The summed E-state index contributed by atoms with van der Waals surface area (Å²) in [4.78, 5) is 10.8. The van der Waals surface area contributed by atoms with Crippen molar-refractivity contribution in [2.75, 3.05) is 0 Å². The molecule has 2 rings (SSSR count). The molecule has 0 amide bonds. The van der Waals surface area contributed by atoms with Crippen molar-refractivity contribution in [1.82, 2.24) is 0 Å². The van der Waals surface area contributed by atoms with Gasteiger partial charge < -0.3 is 0 Å². The number of hydrogen-bond donors (Lipinski definition) is 0. The van der Waals surface area contributed by atoms with Crippen LogP contribution in [0.25, 0.3) is 0 Å². The van der Waals surface area contributed by atoms with Crippen molar-refractivity contribution < 1.29 is 4.79 Å². The minimum Gasteiger partial charge on any atom is -0.281 e. The smallest absolute Gasteiger partial charge is 0.221 e. The maximum atomic E-state index is 10.8. The first-order chi connectivity index (χ1) is 7.20. The summed E-state index contributed by atoms with van der Waals surface area (Å²) < 4.78 is 0. The van der Waals surface area contributed by atoms with Crippen LogP contribution >= 0.6 is 11.6 Å². The van der Waals surface area contributed by atoms with E-state index in [0.717, 1.165) is 0 Å². The van der Waals surface area contributed by atoms with Crippen LogP contribution in [0.2, 0.25) is 0 Å². The van der Waals surface area contributed by atoms with Crippen LogP contribution in [0.4, 0.5) is 0 Å². The third kappa shape index (κ3) is 2.96. The molecule has 0 radical (unpaired) electrons. The average Bonchev–Trinajstić information content (AvgIpc) is 2.23. The van der Waals surface area contributed by atoms with E-state index in [-0.39, 0.29) is 5.24 Å². The van der Waals surface area contributed by atoms with Gasteiger partial charge in [-0.25, -0.2) is 0 Å². The lowest BCUT2D eigenvalue weighted by Crippen LogP contribution is -2.30. The van der Waals surface area contributed by atoms with E-state index in [1.165, 1.54) is 57.8 Å². The highest BCUT2D eigenvalue weighted by Crippen LogP contribution is 2.49. The Balaban J connectivity index is 1.82. The highest BCUT2D eigenvalue weighted by Gasteiger charge is 2.36. The van der Waals surface area contributed by atoms with Gasteiger partial charge in [0.05, 0.1) is 0 Å². The normalized spacial score (nSPS) is 26.7. The van der Waals surface area contributed by atoms with Crippen molar-refractivity contribution in [2.45, 2.75) is 64.2 Å². The Kier molecular flexibility index (Phi) is 3.71. The fraction of sp³-hybridized carbons (Fsp3) is 0.923. The first kappa shape index (κ1) is 11.4. The fourth-order valence-electron chi connectivity index (χ4n) is 3.52. The van der Waals surface area contributed by atoms with Gasteiger partial charge in [0.25, 0.3) is 0 Å². The standard InChI is InChI=1S/C13H21ClO/c14-12(15)10-11-4-8-13(9-5-11)6-2-1-3-7-13/h11H,1-10H2. The molecule has 2 heteroatoms. The number of rotatable bonds is 2. The SMILES string of the molecule is O=C(Cl)CC1CCC2(CCCCC2)CC1. The Morgan fingerprint density at radius 1 is 1.07 bits per heavy atom. The minimum atomic E-state index is -0.139. The topological polar surface area (TPSA) is 17.1 Å². The monoisotopic (exact) mass is 228 g/mol. The van der Waals surface area contributed by atoms with E-state index in [4.69, 9.17) is 11.6 Å². The van der Waals surface area contributed by atoms with Crippen LogP contribution in [-0.2, 0) is 4.79 Å². The molecule has 0 saturated heterocycles. The fourth-order valence-corrected chi connectivity index (χ4v) is 3.74. The second kappa shape index (κ2) is 4.86. The summed E-state index contributed by atoms with van der Waals surface area (Å²) in [6.45, 7) is 0. The van der Waals surface area contributed by atoms with E-state index in [1.807, 2.05) is 0 Å². The van der Waals surface area contributed by atoms with Gasteiger partial charge in [-0.05, 0) is 61.5 Å². The van der Waals surface area contributed by atoms with Crippen molar-refractivity contribution in [2.24, 2.45) is 11.3 Å². The van der Waals surface area contributed by atoms with Gasteiger partial charge >= 0.3 is 0 Å². The summed E-state index contributed by atoms with van der Waals surface area (Å²) >= 11 is 5.45. The minimum absolute atomic E-state index is 0.139. The zero-order valence-corrected chi connectivity index (χ0v) is 10.2. The Bertz CT molecular complexity index is 221. The summed E-state index contributed by atoms with van der Waals surface area (Å²) in [6, 6.07) is 0. The van der Waals surface area contributed by atoms with Gasteiger partial charge in [-0.3, -0.25) is 4.79 Å². The van der Waals surface area contributed by atoms with Gasteiger partial charge in [-0.1, -0.05) is 19.3 Å². The Morgan fingerprint density at radius 2 is 1.67 bits per heavy atom. The molecule has 2 saturated carbocycles. The van der Waals surface area contributed by atoms with Crippen LogP contribution in [0.15, 0.2) is 0 Å². The molecule has 0 heterocycles. The van der Waals surface area contributed by atoms with Gasteiger partial charge in [0.2, 0.25) is 5.24 Å². The predicted molar refractivity (Wildman–Crippen MR) is 63.0 cm³/mol. The number of halogens is 1. The summed E-state index contributed by atoms with van der Waals surface area (Å²) in [5.41, 5.74) is 0.671. The number of carbonyl (C=O) groups is 1. The van der Waals surface area contributed by atoms with Crippen LogP contribution < -0.4 is 0 Å². The second-order valence-corrected chi connectivity index (χ2v) is 5.98. The molecule has 0 aliphatic heterocycles. The molecule has 2 fully saturated rings. The molecule has 0 N–H and O–H groups in total. The highest BCUT2D eigenvalue weighted by molar-refractivity contribution is 6.63. The van der Waals surface area contributed by atoms with E-state index in [0.29, 0.717) is 17.8 Å². The first-order valence-corrected chi connectivity index (χ1v) is 6.76. The molecule has 1 nitrogen and oxygen atoms in total. The predicted octanol–water partition coefficient (Wildman–Crippen LogP) is 4.28. The average molecular weight is 229 g/mol. The molecule has 0 aromatic carbocycles. The van der Waals surface area contributed by atoms with E-state index in [2.05, 4.69) is 0 Å². The second-order valence-electron chi connectivity index (χ2n) is 5.56.